The Morgan fingerprint density at radius 3 is 2.68 bits per heavy atom. The molecule has 1 aromatic rings. The number of nitrogens with two attached hydrogens (primary N) is 1. The summed E-state index contributed by atoms with van der Waals surface area (Å²) in [4.78, 5) is 27.4. The highest BCUT2D eigenvalue weighted by molar-refractivity contribution is 5.93. The van der Waals surface area contributed by atoms with Crippen molar-refractivity contribution in [1.82, 2.24) is 4.98 Å². The molecule has 1 aromatic heterocycles. The van der Waals surface area contributed by atoms with Crippen LogP contribution in [0.5, 0.6) is 0 Å². The van der Waals surface area contributed by atoms with Gasteiger partial charge in [-0.1, -0.05) is 0 Å². The Kier molecular flexibility index (Phi) is 5.71. The Hall–Kier alpha value is -2.15. The Morgan fingerprint density at radius 1 is 1.32 bits per heavy atom. The highest BCUT2D eigenvalue weighted by Crippen LogP contribution is 2.29. The third kappa shape index (κ3) is 4.42. The number of amides is 2. The lowest BCUT2D eigenvalue weighted by atomic mass is 9.81. The number of aromatic nitrogens is 1. The summed E-state index contributed by atoms with van der Waals surface area (Å²) in [6.45, 7) is 0.696. The number of nitrogens with one attached hydrogen (secondary N) is 2. The van der Waals surface area contributed by atoms with Crippen LogP contribution in [0.25, 0.3) is 0 Å². The van der Waals surface area contributed by atoms with Gasteiger partial charge in [0.05, 0.1) is 7.11 Å². The lowest BCUT2D eigenvalue weighted by molar-refractivity contribution is -0.121. The zero-order valence-corrected chi connectivity index (χ0v) is 12.7. The van der Waals surface area contributed by atoms with Gasteiger partial charge in [-0.3, -0.25) is 10.1 Å². The van der Waals surface area contributed by atoms with Gasteiger partial charge in [-0.15, -0.1) is 0 Å². The van der Waals surface area contributed by atoms with E-state index in [-0.39, 0.29) is 11.8 Å². The molecule has 1 heterocycles. The number of nitrogens with zero attached hydrogens (tertiary/aromatic N) is 1. The smallest absolute Gasteiger partial charge is 0.412 e. The second-order valence-corrected chi connectivity index (χ2v) is 5.49. The molecule has 0 radical (unpaired) electrons. The molecule has 0 unspecified atom stereocenters. The van der Waals surface area contributed by atoms with Crippen LogP contribution in [-0.2, 0) is 9.53 Å². The van der Waals surface area contributed by atoms with Crippen molar-refractivity contribution in [2.24, 2.45) is 17.6 Å². The molecular weight excluding hydrogens is 284 g/mol. The van der Waals surface area contributed by atoms with Gasteiger partial charge in [0.25, 0.3) is 0 Å². The Labute approximate surface area is 129 Å². The van der Waals surface area contributed by atoms with Gasteiger partial charge in [0.15, 0.2) is 0 Å². The van der Waals surface area contributed by atoms with Crippen LogP contribution in [0, 0.1) is 11.8 Å². The molecule has 0 spiro atoms. The number of anilines is 2. The number of hydrogen-bond donors (Lipinski definition) is 3. The Morgan fingerprint density at radius 2 is 2.05 bits per heavy atom. The van der Waals surface area contributed by atoms with Gasteiger partial charge in [-0.2, -0.15) is 0 Å². The highest BCUT2D eigenvalue weighted by Gasteiger charge is 2.25. The van der Waals surface area contributed by atoms with Gasteiger partial charge in [-0.25, -0.2) is 9.78 Å². The van der Waals surface area contributed by atoms with Crippen molar-refractivity contribution in [1.29, 1.82) is 0 Å². The molecule has 0 saturated heterocycles. The average molecular weight is 306 g/mol. The van der Waals surface area contributed by atoms with Crippen LogP contribution in [0.3, 0.4) is 0 Å². The van der Waals surface area contributed by atoms with E-state index in [1.54, 1.807) is 12.1 Å². The number of rotatable bonds is 4. The van der Waals surface area contributed by atoms with E-state index in [2.05, 4.69) is 20.4 Å². The quantitative estimate of drug-likeness (QED) is 0.788. The predicted octanol–water partition coefficient (Wildman–Crippen LogP) is 1.96. The first kappa shape index (κ1) is 16.2. The zero-order valence-electron chi connectivity index (χ0n) is 12.7. The van der Waals surface area contributed by atoms with Gasteiger partial charge in [0.2, 0.25) is 5.91 Å². The van der Waals surface area contributed by atoms with Gasteiger partial charge in [-0.05, 0) is 44.2 Å². The lowest BCUT2D eigenvalue weighted by Gasteiger charge is -2.26. The van der Waals surface area contributed by atoms with Crippen LogP contribution in [0.4, 0.5) is 16.3 Å². The third-order valence-corrected chi connectivity index (χ3v) is 3.99. The minimum Gasteiger partial charge on any atom is -0.453 e. The lowest BCUT2D eigenvalue weighted by Crippen LogP contribution is -2.29. The van der Waals surface area contributed by atoms with Gasteiger partial charge in [0.1, 0.15) is 5.82 Å². The van der Waals surface area contributed by atoms with E-state index >= 15 is 0 Å². The van der Waals surface area contributed by atoms with E-state index in [1.165, 1.54) is 13.3 Å². The normalized spacial score (nSPS) is 21.0. The zero-order chi connectivity index (χ0) is 15.9. The summed E-state index contributed by atoms with van der Waals surface area (Å²) in [6.07, 6.45) is 4.65. The fourth-order valence-corrected chi connectivity index (χ4v) is 2.64. The molecule has 1 aliphatic carbocycles. The van der Waals surface area contributed by atoms with E-state index in [4.69, 9.17) is 5.73 Å². The maximum Gasteiger partial charge on any atom is 0.412 e. The third-order valence-electron chi connectivity index (χ3n) is 3.99. The summed E-state index contributed by atoms with van der Waals surface area (Å²) in [6, 6.07) is 3.28. The molecule has 22 heavy (non-hydrogen) atoms. The summed E-state index contributed by atoms with van der Waals surface area (Å²) in [7, 11) is 1.28. The van der Waals surface area contributed by atoms with E-state index in [0.717, 1.165) is 25.7 Å². The van der Waals surface area contributed by atoms with Crippen molar-refractivity contribution in [3.8, 4) is 0 Å². The second-order valence-electron chi connectivity index (χ2n) is 5.49. The first-order chi connectivity index (χ1) is 10.6. The molecule has 0 bridgehead atoms. The summed E-state index contributed by atoms with van der Waals surface area (Å²) in [5.41, 5.74) is 6.27. The first-order valence-electron chi connectivity index (χ1n) is 7.44. The van der Waals surface area contributed by atoms with Crippen LogP contribution in [-0.4, -0.2) is 30.6 Å². The van der Waals surface area contributed by atoms with Crippen LogP contribution in [0.2, 0.25) is 0 Å². The van der Waals surface area contributed by atoms with Crippen molar-refractivity contribution in [3.05, 3.63) is 18.3 Å². The molecule has 7 heteroatoms. The molecule has 4 N–H and O–H groups in total. The van der Waals surface area contributed by atoms with E-state index in [0.29, 0.717) is 24.0 Å². The number of methoxy groups -OCH3 is 1. The predicted molar refractivity (Wildman–Crippen MR) is 83.4 cm³/mol. The molecule has 7 nitrogen and oxygen atoms in total. The first-order valence-corrected chi connectivity index (χ1v) is 7.44. The van der Waals surface area contributed by atoms with Crippen LogP contribution < -0.4 is 16.4 Å². The molecule has 0 aromatic carbocycles. The largest absolute Gasteiger partial charge is 0.453 e. The van der Waals surface area contributed by atoms with E-state index in [9.17, 15) is 9.59 Å². The minimum atomic E-state index is -0.601. The highest BCUT2D eigenvalue weighted by atomic mass is 16.5. The Bertz CT molecular complexity index is 527. The monoisotopic (exact) mass is 306 g/mol. The number of carbonyl (C=O) groups excluding carboxylic acids is 2. The van der Waals surface area contributed by atoms with Crippen molar-refractivity contribution in [2.45, 2.75) is 25.7 Å². The van der Waals surface area contributed by atoms with E-state index < -0.39 is 6.09 Å². The molecule has 120 valence electrons. The molecule has 0 aliphatic heterocycles. The van der Waals surface area contributed by atoms with Gasteiger partial charge >= 0.3 is 6.09 Å². The van der Waals surface area contributed by atoms with Gasteiger partial charge < -0.3 is 15.8 Å². The van der Waals surface area contributed by atoms with Crippen LogP contribution in [0.15, 0.2) is 18.3 Å². The number of ether oxygens (including phenoxy) is 1. The number of carbonyl (C=O) groups is 2. The van der Waals surface area contributed by atoms with Crippen molar-refractivity contribution >= 4 is 23.5 Å². The van der Waals surface area contributed by atoms with Gasteiger partial charge in [0, 0.05) is 23.9 Å². The van der Waals surface area contributed by atoms with E-state index in [1.807, 2.05) is 0 Å². The van der Waals surface area contributed by atoms with Crippen molar-refractivity contribution in [3.63, 3.8) is 0 Å². The maximum absolute atomic E-state index is 12.3. The molecule has 0 atom stereocenters. The SMILES string of the molecule is COC(=O)Nc1cc(NC(=O)[C@H]2CC[C@H](CN)CC2)ccn1. The maximum atomic E-state index is 12.3. The summed E-state index contributed by atoms with van der Waals surface area (Å²) < 4.78 is 4.50. The summed E-state index contributed by atoms with van der Waals surface area (Å²) >= 11 is 0. The standard InChI is InChI=1S/C15H22N4O3/c1-22-15(21)19-13-8-12(6-7-17-13)18-14(20)11-4-2-10(9-16)3-5-11/h6-8,10-11H,2-5,9,16H2,1H3,(H2,17,18,19,20,21)/t10-,11-. The Balaban J connectivity index is 1.91. The molecule has 1 fully saturated rings. The van der Waals surface area contributed by atoms with Crippen molar-refractivity contribution < 1.29 is 14.3 Å². The number of pyridine rings is 1. The summed E-state index contributed by atoms with van der Waals surface area (Å²) in [5, 5.41) is 5.33. The second kappa shape index (κ2) is 7.74. The topological polar surface area (TPSA) is 106 Å². The molecule has 1 aliphatic rings. The van der Waals surface area contributed by atoms with Crippen LogP contribution in [0.1, 0.15) is 25.7 Å². The molecular formula is C15H22N4O3. The average Bonchev–Trinajstić information content (AvgIpc) is 2.55. The minimum absolute atomic E-state index is 0.00527. The van der Waals surface area contributed by atoms with Crippen LogP contribution >= 0.6 is 0 Å². The molecule has 2 amide bonds. The summed E-state index contributed by atoms with van der Waals surface area (Å²) in [5.74, 6) is 0.899. The van der Waals surface area contributed by atoms with Crippen molar-refractivity contribution in [2.75, 3.05) is 24.3 Å². The number of hydrogen-bond acceptors (Lipinski definition) is 5. The molecule has 2 rings (SSSR count). The molecule has 1 saturated carbocycles. The fraction of sp³-hybridized carbons (Fsp3) is 0.533. The fourth-order valence-electron chi connectivity index (χ4n) is 2.64.